The zero-order valence-electron chi connectivity index (χ0n) is 16.6. The lowest BCUT2D eigenvalue weighted by Crippen LogP contribution is -2.27. The highest BCUT2D eigenvalue weighted by molar-refractivity contribution is 14.1. The van der Waals surface area contributed by atoms with Crippen LogP contribution in [-0.2, 0) is 17.9 Å². The van der Waals surface area contributed by atoms with Crippen LogP contribution < -0.4 is 4.74 Å². The summed E-state index contributed by atoms with van der Waals surface area (Å²) in [5.41, 5.74) is 2.60. The van der Waals surface area contributed by atoms with E-state index in [9.17, 15) is 9.59 Å². The van der Waals surface area contributed by atoms with Crippen molar-refractivity contribution >= 4 is 79.1 Å². The number of amides is 2. The Balaban J connectivity index is 1.45. The molecule has 0 radical (unpaired) electrons. The lowest BCUT2D eigenvalue weighted by Gasteiger charge is -2.12. The molecule has 0 saturated carbocycles. The molecule has 4 nitrogen and oxygen atoms in total. The minimum atomic E-state index is -0.284. The van der Waals surface area contributed by atoms with E-state index in [-0.39, 0.29) is 17.7 Å². The predicted octanol–water partition coefficient (Wildman–Crippen LogP) is 7.52. The molecular weight excluding hydrogens is 625 g/mol. The van der Waals surface area contributed by atoms with Crippen molar-refractivity contribution < 1.29 is 14.3 Å². The fraction of sp³-hybridized carbons (Fsp3) is 0.0833. The van der Waals surface area contributed by atoms with Crippen LogP contribution in [-0.4, -0.2) is 16.0 Å². The van der Waals surface area contributed by atoms with Gasteiger partial charge in [-0.1, -0.05) is 48.0 Å². The Labute approximate surface area is 217 Å². The summed E-state index contributed by atoms with van der Waals surface area (Å²) in [7, 11) is 0. The number of carbonyl (C=O) groups is 2. The number of nitrogens with zero attached hydrogens (tertiary/aromatic N) is 1. The average molecular weight is 641 g/mol. The Kier molecular flexibility index (Phi) is 7.60. The Morgan fingerprint density at radius 3 is 2.53 bits per heavy atom. The topological polar surface area (TPSA) is 46.6 Å². The SMILES string of the molecule is O=C1S/C(=C/c2ccc(OCc3ccccc3Cl)c(Br)c2)C(=O)N1Cc1ccc(I)cc1. The van der Waals surface area contributed by atoms with E-state index in [4.69, 9.17) is 16.3 Å². The summed E-state index contributed by atoms with van der Waals surface area (Å²) in [6.07, 6.45) is 1.72. The maximum absolute atomic E-state index is 12.8. The number of thioether (sulfide) groups is 1. The van der Waals surface area contributed by atoms with Crippen LogP contribution in [0.15, 0.2) is 76.1 Å². The highest BCUT2D eigenvalue weighted by Crippen LogP contribution is 2.35. The monoisotopic (exact) mass is 639 g/mol. The number of rotatable bonds is 6. The van der Waals surface area contributed by atoms with Crippen molar-refractivity contribution in [3.63, 3.8) is 0 Å². The second-order valence-electron chi connectivity index (χ2n) is 6.96. The molecule has 1 fully saturated rings. The van der Waals surface area contributed by atoms with E-state index in [1.54, 1.807) is 6.08 Å². The molecule has 162 valence electrons. The molecule has 1 saturated heterocycles. The van der Waals surface area contributed by atoms with Crippen LogP contribution in [0.2, 0.25) is 5.02 Å². The zero-order valence-corrected chi connectivity index (χ0v) is 21.9. The quantitative estimate of drug-likeness (QED) is 0.207. The second kappa shape index (κ2) is 10.4. The summed E-state index contributed by atoms with van der Waals surface area (Å²) in [6, 6.07) is 20.8. The molecule has 2 amide bonds. The summed E-state index contributed by atoms with van der Waals surface area (Å²) < 4.78 is 7.72. The number of benzene rings is 3. The van der Waals surface area contributed by atoms with Gasteiger partial charge in [-0.2, -0.15) is 0 Å². The molecule has 3 aromatic rings. The van der Waals surface area contributed by atoms with Crippen LogP contribution >= 0.6 is 61.9 Å². The number of hydrogen-bond donors (Lipinski definition) is 0. The fourth-order valence-corrected chi connectivity index (χ4v) is 4.95. The van der Waals surface area contributed by atoms with Gasteiger partial charge < -0.3 is 4.74 Å². The summed E-state index contributed by atoms with van der Waals surface area (Å²) in [4.78, 5) is 26.9. The van der Waals surface area contributed by atoms with Gasteiger partial charge in [-0.25, -0.2) is 0 Å². The van der Waals surface area contributed by atoms with Gasteiger partial charge in [-0.15, -0.1) is 0 Å². The van der Waals surface area contributed by atoms with Crippen molar-refractivity contribution in [2.45, 2.75) is 13.2 Å². The van der Waals surface area contributed by atoms with Gasteiger partial charge in [0.05, 0.1) is 15.9 Å². The lowest BCUT2D eigenvalue weighted by molar-refractivity contribution is -0.123. The van der Waals surface area contributed by atoms with E-state index in [1.165, 1.54) is 4.90 Å². The van der Waals surface area contributed by atoms with Crippen molar-refractivity contribution in [2.75, 3.05) is 0 Å². The van der Waals surface area contributed by atoms with Crippen LogP contribution in [0.1, 0.15) is 16.7 Å². The summed E-state index contributed by atoms with van der Waals surface area (Å²) in [5, 5.41) is 0.389. The average Bonchev–Trinajstić information content (AvgIpc) is 3.03. The molecule has 32 heavy (non-hydrogen) atoms. The molecule has 0 N–H and O–H groups in total. The smallest absolute Gasteiger partial charge is 0.293 e. The van der Waals surface area contributed by atoms with Crippen molar-refractivity contribution in [3.8, 4) is 5.75 Å². The van der Waals surface area contributed by atoms with Crippen LogP contribution in [0, 0.1) is 3.57 Å². The molecule has 4 rings (SSSR count). The molecule has 0 atom stereocenters. The summed E-state index contributed by atoms with van der Waals surface area (Å²) in [5.74, 6) is 0.377. The highest BCUT2D eigenvalue weighted by atomic mass is 127. The molecule has 1 heterocycles. The first-order chi connectivity index (χ1) is 15.4. The summed E-state index contributed by atoms with van der Waals surface area (Å²) in [6.45, 7) is 0.604. The largest absolute Gasteiger partial charge is 0.488 e. The van der Waals surface area contributed by atoms with E-state index >= 15 is 0 Å². The first kappa shape index (κ1) is 23.4. The molecule has 1 aliphatic heterocycles. The van der Waals surface area contributed by atoms with Crippen LogP contribution in [0.3, 0.4) is 0 Å². The van der Waals surface area contributed by atoms with Gasteiger partial charge in [-0.05, 0) is 97.8 Å². The van der Waals surface area contributed by atoms with Gasteiger partial charge in [0.1, 0.15) is 12.4 Å². The van der Waals surface area contributed by atoms with E-state index in [1.807, 2.05) is 66.7 Å². The van der Waals surface area contributed by atoms with E-state index in [2.05, 4.69) is 38.5 Å². The zero-order chi connectivity index (χ0) is 22.7. The maximum Gasteiger partial charge on any atom is 0.293 e. The van der Waals surface area contributed by atoms with Gasteiger partial charge in [0, 0.05) is 14.2 Å². The molecule has 0 aromatic heterocycles. The van der Waals surface area contributed by atoms with Gasteiger partial charge in [-0.3, -0.25) is 14.5 Å². The molecule has 3 aromatic carbocycles. The maximum atomic E-state index is 12.8. The number of hydrogen-bond acceptors (Lipinski definition) is 4. The van der Waals surface area contributed by atoms with Crippen molar-refractivity contribution in [3.05, 3.63) is 101 Å². The number of carbonyl (C=O) groups excluding carboxylic acids is 2. The minimum absolute atomic E-state index is 0.261. The molecule has 8 heteroatoms. The molecular formula is C24H16BrClINO3S. The van der Waals surface area contributed by atoms with E-state index in [0.717, 1.165) is 36.5 Å². The van der Waals surface area contributed by atoms with Crippen LogP contribution in [0.5, 0.6) is 5.75 Å². The Morgan fingerprint density at radius 2 is 1.81 bits per heavy atom. The van der Waals surface area contributed by atoms with Gasteiger partial charge in [0.25, 0.3) is 11.1 Å². The predicted molar refractivity (Wildman–Crippen MR) is 141 cm³/mol. The number of ether oxygens (including phenoxy) is 1. The third-order valence-electron chi connectivity index (χ3n) is 4.72. The molecule has 0 bridgehead atoms. The Morgan fingerprint density at radius 1 is 1.06 bits per heavy atom. The number of imide groups is 1. The van der Waals surface area contributed by atoms with E-state index < -0.39 is 0 Å². The van der Waals surface area contributed by atoms with Gasteiger partial charge in [0.15, 0.2) is 0 Å². The van der Waals surface area contributed by atoms with Crippen molar-refractivity contribution in [1.82, 2.24) is 4.90 Å². The first-order valence-corrected chi connectivity index (χ1v) is 12.6. The summed E-state index contributed by atoms with van der Waals surface area (Å²) >= 11 is 12.9. The second-order valence-corrected chi connectivity index (χ2v) is 10.5. The Hall–Kier alpha value is -1.81. The highest BCUT2D eigenvalue weighted by Gasteiger charge is 2.35. The Bertz CT molecular complexity index is 1220. The van der Waals surface area contributed by atoms with Crippen LogP contribution in [0.25, 0.3) is 6.08 Å². The first-order valence-electron chi connectivity index (χ1n) is 9.56. The third kappa shape index (κ3) is 5.57. The van der Waals surface area contributed by atoms with Crippen molar-refractivity contribution in [2.24, 2.45) is 0 Å². The lowest BCUT2D eigenvalue weighted by atomic mass is 10.2. The number of halogens is 3. The van der Waals surface area contributed by atoms with Gasteiger partial charge in [0.2, 0.25) is 0 Å². The third-order valence-corrected chi connectivity index (χ3v) is 7.34. The molecule has 0 spiro atoms. The normalized spacial score (nSPS) is 15.0. The van der Waals surface area contributed by atoms with E-state index in [0.29, 0.717) is 22.3 Å². The fourth-order valence-electron chi connectivity index (χ4n) is 3.05. The van der Waals surface area contributed by atoms with Crippen molar-refractivity contribution in [1.29, 1.82) is 0 Å². The standard InChI is InChI=1S/C24H16BrClINO3S/c25-19-11-16(7-10-21(19)31-14-17-3-1-2-4-20(17)26)12-22-23(29)28(24(30)32-22)13-15-5-8-18(27)9-6-15/h1-12H,13-14H2/b22-12+. The molecule has 0 unspecified atom stereocenters. The van der Waals surface area contributed by atoms with Crippen LogP contribution in [0.4, 0.5) is 4.79 Å². The molecule has 0 aliphatic carbocycles. The minimum Gasteiger partial charge on any atom is -0.488 e. The van der Waals surface area contributed by atoms with Gasteiger partial charge >= 0.3 is 0 Å². The molecule has 1 aliphatic rings.